The Morgan fingerprint density at radius 3 is 2.71 bits per heavy atom. The second-order valence-electron chi connectivity index (χ2n) is 3.93. The molecule has 0 spiro atoms. The van der Waals surface area contributed by atoms with E-state index in [1.165, 1.54) is 30.5 Å². The van der Waals surface area contributed by atoms with Crippen LogP contribution in [0.5, 0.6) is 0 Å². The highest BCUT2D eigenvalue weighted by Crippen LogP contribution is 2.23. The van der Waals surface area contributed by atoms with E-state index in [0.717, 1.165) is 12.3 Å². The number of nitrogens with one attached hydrogen (secondary N) is 2. The van der Waals surface area contributed by atoms with Crippen LogP contribution in [0.2, 0.25) is 0 Å². The number of nitro benzene ring substituents is 1. The number of hydrogen-bond acceptors (Lipinski definition) is 7. The van der Waals surface area contributed by atoms with E-state index in [0.29, 0.717) is 0 Å². The molecule has 0 fully saturated rings. The molecule has 0 aliphatic heterocycles. The van der Waals surface area contributed by atoms with Gasteiger partial charge in [-0.05, 0) is 12.1 Å². The second-order valence-corrected chi connectivity index (χ2v) is 5.58. The molecule has 0 bridgehead atoms. The number of nitrogens with zero attached hydrogens (tertiary/aromatic N) is 2. The van der Waals surface area contributed by atoms with Crippen LogP contribution in [0, 0.1) is 10.1 Å². The number of hydrogen-bond donors (Lipinski definition) is 3. The first-order valence-electron chi connectivity index (χ1n) is 5.62. The first kappa shape index (κ1) is 14.7. The number of nitrogens with two attached hydrogens (primary N) is 1. The monoisotopic (exact) mass is 309 g/mol. The van der Waals surface area contributed by atoms with Gasteiger partial charge in [0.25, 0.3) is 15.7 Å². The number of rotatable bonds is 5. The zero-order valence-corrected chi connectivity index (χ0v) is 11.4. The molecule has 2 rings (SSSR count). The number of hydrazine groups is 1. The maximum Gasteiger partial charge on any atom is 0.271 e. The molecule has 21 heavy (non-hydrogen) atoms. The molecule has 1 aromatic heterocycles. The van der Waals surface area contributed by atoms with Crippen molar-refractivity contribution >= 4 is 27.1 Å². The molecule has 110 valence electrons. The number of pyridine rings is 1. The first-order chi connectivity index (χ1) is 9.94. The number of sulfonamides is 1. The SMILES string of the molecule is NNc1ccncc1S(=O)(=O)Nc1cccc([N+](=O)[O-])c1. The highest BCUT2D eigenvalue weighted by atomic mass is 32.2. The van der Waals surface area contributed by atoms with E-state index in [4.69, 9.17) is 5.84 Å². The molecule has 0 saturated carbocycles. The molecule has 0 amide bonds. The molecule has 2 aromatic rings. The first-order valence-corrected chi connectivity index (χ1v) is 7.10. The van der Waals surface area contributed by atoms with Crippen molar-refractivity contribution in [2.75, 3.05) is 10.1 Å². The van der Waals surface area contributed by atoms with Gasteiger partial charge in [-0.25, -0.2) is 8.42 Å². The third kappa shape index (κ3) is 3.24. The van der Waals surface area contributed by atoms with Crippen molar-refractivity contribution in [2.24, 2.45) is 5.84 Å². The molecule has 1 aromatic carbocycles. The lowest BCUT2D eigenvalue weighted by molar-refractivity contribution is -0.384. The van der Waals surface area contributed by atoms with E-state index in [1.54, 1.807) is 0 Å². The molecule has 0 aliphatic rings. The standard InChI is InChI=1S/C11H11N5O4S/c12-14-10-4-5-13-7-11(10)21(19,20)15-8-2-1-3-9(6-8)16(17)18/h1-7,15H,12H2,(H,13,14). The minimum absolute atomic E-state index is 0.0658. The van der Waals surface area contributed by atoms with E-state index in [2.05, 4.69) is 15.1 Å². The van der Waals surface area contributed by atoms with E-state index in [1.807, 2.05) is 0 Å². The molecule has 9 nitrogen and oxygen atoms in total. The fraction of sp³-hybridized carbons (Fsp3) is 0. The molecular weight excluding hydrogens is 298 g/mol. The number of aromatic nitrogens is 1. The van der Waals surface area contributed by atoms with Gasteiger partial charge in [-0.3, -0.25) is 25.7 Å². The quantitative estimate of drug-likeness (QED) is 0.426. The third-order valence-electron chi connectivity index (χ3n) is 2.54. The topological polar surface area (TPSA) is 140 Å². The Morgan fingerprint density at radius 1 is 1.29 bits per heavy atom. The largest absolute Gasteiger partial charge is 0.323 e. The number of anilines is 2. The summed E-state index contributed by atoms with van der Waals surface area (Å²) >= 11 is 0. The van der Waals surface area contributed by atoms with Gasteiger partial charge in [0, 0.05) is 24.5 Å². The van der Waals surface area contributed by atoms with Crippen LogP contribution in [-0.4, -0.2) is 18.3 Å². The molecule has 0 aliphatic carbocycles. The van der Waals surface area contributed by atoms with Gasteiger partial charge in [0.2, 0.25) is 0 Å². The number of benzene rings is 1. The van der Waals surface area contributed by atoms with Gasteiger partial charge < -0.3 is 5.43 Å². The van der Waals surface area contributed by atoms with E-state index >= 15 is 0 Å². The molecule has 0 atom stereocenters. The van der Waals surface area contributed by atoms with Crippen molar-refractivity contribution in [3.8, 4) is 0 Å². The van der Waals surface area contributed by atoms with Crippen LogP contribution < -0.4 is 16.0 Å². The molecule has 4 N–H and O–H groups in total. The highest BCUT2D eigenvalue weighted by molar-refractivity contribution is 7.92. The molecular formula is C11H11N5O4S. The van der Waals surface area contributed by atoms with Crippen molar-refractivity contribution < 1.29 is 13.3 Å². The van der Waals surface area contributed by atoms with Crippen LogP contribution in [0.4, 0.5) is 17.1 Å². The maximum atomic E-state index is 12.2. The van der Waals surface area contributed by atoms with Gasteiger partial charge in [0.1, 0.15) is 4.90 Å². The number of nitro groups is 1. The van der Waals surface area contributed by atoms with Gasteiger partial charge in [-0.1, -0.05) is 6.07 Å². The lowest BCUT2D eigenvalue weighted by atomic mass is 10.3. The third-order valence-corrected chi connectivity index (χ3v) is 3.95. The van der Waals surface area contributed by atoms with Crippen LogP contribution in [0.15, 0.2) is 47.6 Å². The normalized spacial score (nSPS) is 10.9. The zero-order valence-electron chi connectivity index (χ0n) is 10.6. The van der Waals surface area contributed by atoms with Gasteiger partial charge >= 0.3 is 0 Å². The predicted molar refractivity (Wildman–Crippen MR) is 76.0 cm³/mol. The average Bonchev–Trinajstić information content (AvgIpc) is 2.47. The van der Waals surface area contributed by atoms with Crippen molar-refractivity contribution in [3.05, 3.63) is 52.8 Å². The maximum absolute atomic E-state index is 12.2. The summed E-state index contributed by atoms with van der Waals surface area (Å²) in [6.45, 7) is 0. The lowest BCUT2D eigenvalue weighted by Gasteiger charge is -2.11. The highest BCUT2D eigenvalue weighted by Gasteiger charge is 2.19. The summed E-state index contributed by atoms with van der Waals surface area (Å²) in [6.07, 6.45) is 2.50. The van der Waals surface area contributed by atoms with E-state index in [-0.39, 0.29) is 22.0 Å². The minimum Gasteiger partial charge on any atom is -0.323 e. The Kier molecular flexibility index (Phi) is 4.00. The smallest absolute Gasteiger partial charge is 0.271 e. The van der Waals surface area contributed by atoms with Gasteiger partial charge in [0.15, 0.2) is 0 Å². The second kappa shape index (κ2) is 5.73. The van der Waals surface area contributed by atoms with Crippen LogP contribution in [-0.2, 0) is 10.0 Å². The summed E-state index contributed by atoms with van der Waals surface area (Å²) in [4.78, 5) is 13.6. The Morgan fingerprint density at radius 2 is 2.05 bits per heavy atom. The van der Waals surface area contributed by atoms with Crippen LogP contribution >= 0.6 is 0 Å². The van der Waals surface area contributed by atoms with Gasteiger partial charge in [-0.2, -0.15) is 0 Å². The molecule has 0 saturated heterocycles. The van der Waals surface area contributed by atoms with Crippen LogP contribution in [0.1, 0.15) is 0 Å². The molecule has 10 heteroatoms. The zero-order chi connectivity index (χ0) is 15.5. The van der Waals surface area contributed by atoms with Crippen molar-refractivity contribution in [1.29, 1.82) is 0 Å². The fourth-order valence-electron chi connectivity index (χ4n) is 1.61. The van der Waals surface area contributed by atoms with E-state index in [9.17, 15) is 18.5 Å². The van der Waals surface area contributed by atoms with Crippen LogP contribution in [0.3, 0.4) is 0 Å². The molecule has 1 heterocycles. The summed E-state index contributed by atoms with van der Waals surface area (Å²) in [6, 6.07) is 6.54. The summed E-state index contributed by atoms with van der Waals surface area (Å²) in [5.41, 5.74) is 2.25. The average molecular weight is 309 g/mol. The number of non-ortho nitro benzene ring substituents is 1. The Balaban J connectivity index is 2.38. The summed E-state index contributed by atoms with van der Waals surface area (Å²) < 4.78 is 26.7. The van der Waals surface area contributed by atoms with Gasteiger partial charge in [0.05, 0.1) is 16.3 Å². The van der Waals surface area contributed by atoms with Gasteiger partial charge in [-0.15, -0.1) is 0 Å². The van der Waals surface area contributed by atoms with Crippen LogP contribution in [0.25, 0.3) is 0 Å². The molecule has 0 radical (unpaired) electrons. The summed E-state index contributed by atoms with van der Waals surface area (Å²) in [7, 11) is -3.98. The Bertz CT molecular complexity index is 778. The van der Waals surface area contributed by atoms with Crippen molar-refractivity contribution in [2.45, 2.75) is 4.90 Å². The Labute approximate surface area is 120 Å². The Hall–Kier alpha value is -2.72. The fourth-order valence-corrected chi connectivity index (χ4v) is 2.77. The molecule has 0 unspecified atom stereocenters. The van der Waals surface area contributed by atoms with Crippen molar-refractivity contribution in [3.63, 3.8) is 0 Å². The minimum atomic E-state index is -3.98. The van der Waals surface area contributed by atoms with Crippen molar-refractivity contribution in [1.82, 2.24) is 4.98 Å². The predicted octanol–water partition coefficient (Wildman–Crippen LogP) is 1.08. The lowest BCUT2D eigenvalue weighted by Crippen LogP contribution is -2.17. The summed E-state index contributed by atoms with van der Waals surface area (Å²) in [5, 5.41) is 10.7. The summed E-state index contributed by atoms with van der Waals surface area (Å²) in [5.74, 6) is 5.25. The number of nitrogen functional groups attached to an aromatic ring is 1. The van der Waals surface area contributed by atoms with E-state index < -0.39 is 14.9 Å².